The minimum absolute atomic E-state index is 0.00872. The van der Waals surface area contributed by atoms with E-state index in [1.54, 1.807) is 30.3 Å². The van der Waals surface area contributed by atoms with E-state index in [-0.39, 0.29) is 17.9 Å². The van der Waals surface area contributed by atoms with Gasteiger partial charge in [0.25, 0.3) is 11.8 Å². The summed E-state index contributed by atoms with van der Waals surface area (Å²) in [6.07, 6.45) is 1.30. The van der Waals surface area contributed by atoms with Crippen molar-refractivity contribution in [1.82, 2.24) is 15.2 Å². The molecule has 3 aromatic rings. The zero-order chi connectivity index (χ0) is 22.0. The number of thiophene rings is 1. The largest absolute Gasteiger partial charge is 0.496 e. The number of hydrogen-bond donors (Lipinski definition) is 1. The van der Waals surface area contributed by atoms with Crippen molar-refractivity contribution in [3.8, 4) is 5.75 Å². The Kier molecular flexibility index (Phi) is 6.20. The van der Waals surface area contributed by atoms with Gasteiger partial charge in [-0.15, -0.1) is 11.3 Å². The van der Waals surface area contributed by atoms with Crippen LogP contribution in [0.15, 0.2) is 42.6 Å². The first kappa shape index (κ1) is 21.3. The molecule has 2 amide bonds. The number of pyridine rings is 1. The second kappa shape index (κ2) is 9.03. The van der Waals surface area contributed by atoms with Crippen LogP contribution in [0.2, 0.25) is 0 Å². The second-order valence-corrected chi connectivity index (χ2v) is 8.64. The molecule has 8 heteroatoms. The van der Waals surface area contributed by atoms with E-state index in [1.807, 2.05) is 38.1 Å². The molecular formula is C23H25N3O4S. The summed E-state index contributed by atoms with van der Waals surface area (Å²) in [4.78, 5) is 33.7. The Bertz CT molecular complexity index is 1110. The van der Waals surface area contributed by atoms with Crippen molar-refractivity contribution in [3.63, 3.8) is 0 Å². The average molecular weight is 440 g/mol. The Hall–Kier alpha value is -2.97. The normalized spacial score (nSPS) is 16.5. The first-order valence-corrected chi connectivity index (χ1v) is 11.0. The number of methoxy groups -OCH3 is 1. The lowest BCUT2D eigenvalue weighted by atomic mass is 10.0. The molecule has 1 saturated heterocycles. The van der Waals surface area contributed by atoms with Gasteiger partial charge in [0, 0.05) is 29.7 Å². The van der Waals surface area contributed by atoms with E-state index < -0.39 is 6.10 Å². The summed E-state index contributed by atoms with van der Waals surface area (Å²) < 4.78 is 11.4. The number of carbonyl (C=O) groups excluding carboxylic acids is 2. The van der Waals surface area contributed by atoms with Crippen LogP contribution in [-0.4, -0.2) is 54.5 Å². The number of rotatable bonds is 5. The third kappa shape index (κ3) is 4.26. The van der Waals surface area contributed by atoms with Gasteiger partial charge in [0.1, 0.15) is 21.6 Å². The van der Waals surface area contributed by atoms with Gasteiger partial charge in [0.2, 0.25) is 0 Å². The number of para-hydroxylation sites is 1. The summed E-state index contributed by atoms with van der Waals surface area (Å²) in [7, 11) is 1.55. The monoisotopic (exact) mass is 439 g/mol. The lowest BCUT2D eigenvalue weighted by Crippen LogP contribution is -2.42. The van der Waals surface area contributed by atoms with Gasteiger partial charge in [-0.05, 0) is 32.0 Å². The Balaban J connectivity index is 1.68. The molecule has 1 fully saturated rings. The SMILES string of the molecule is COc1ccccc1C(=O)N1CCOC(c2c(C(=O)NC(C)C)sc3ncccc23)C1. The second-order valence-electron chi connectivity index (χ2n) is 7.64. The molecular weight excluding hydrogens is 414 g/mol. The summed E-state index contributed by atoms with van der Waals surface area (Å²) in [5.74, 6) is 0.277. The van der Waals surface area contributed by atoms with Gasteiger partial charge in [-0.3, -0.25) is 9.59 Å². The molecule has 162 valence electrons. The van der Waals surface area contributed by atoms with E-state index in [9.17, 15) is 9.59 Å². The number of aromatic nitrogens is 1. The molecule has 4 rings (SSSR count). The highest BCUT2D eigenvalue weighted by Gasteiger charge is 2.32. The molecule has 1 N–H and O–H groups in total. The minimum atomic E-state index is -0.418. The summed E-state index contributed by atoms with van der Waals surface area (Å²) in [5.41, 5.74) is 1.31. The highest BCUT2D eigenvalue weighted by Crippen LogP contribution is 2.37. The van der Waals surface area contributed by atoms with Crippen molar-refractivity contribution in [3.05, 3.63) is 58.6 Å². The van der Waals surface area contributed by atoms with E-state index in [0.717, 1.165) is 15.8 Å². The highest BCUT2D eigenvalue weighted by molar-refractivity contribution is 7.20. The highest BCUT2D eigenvalue weighted by atomic mass is 32.1. The molecule has 0 spiro atoms. The number of benzene rings is 1. The minimum Gasteiger partial charge on any atom is -0.496 e. The molecule has 1 aliphatic heterocycles. The average Bonchev–Trinajstić information content (AvgIpc) is 3.18. The van der Waals surface area contributed by atoms with Crippen LogP contribution in [0.3, 0.4) is 0 Å². The maximum Gasteiger partial charge on any atom is 0.262 e. The summed E-state index contributed by atoms with van der Waals surface area (Å²) in [6.45, 7) is 5.05. The first-order chi connectivity index (χ1) is 15.0. The Morgan fingerprint density at radius 3 is 2.84 bits per heavy atom. The number of amides is 2. The third-order valence-electron chi connectivity index (χ3n) is 5.14. The van der Waals surface area contributed by atoms with Crippen LogP contribution in [0.1, 0.15) is 45.5 Å². The molecule has 3 heterocycles. The third-order valence-corrected chi connectivity index (χ3v) is 6.27. The number of ether oxygens (including phenoxy) is 2. The molecule has 1 aliphatic rings. The van der Waals surface area contributed by atoms with Crippen molar-refractivity contribution < 1.29 is 19.1 Å². The molecule has 0 saturated carbocycles. The van der Waals surface area contributed by atoms with E-state index in [2.05, 4.69) is 10.3 Å². The van der Waals surface area contributed by atoms with Gasteiger partial charge in [-0.1, -0.05) is 18.2 Å². The van der Waals surface area contributed by atoms with Crippen molar-refractivity contribution in [1.29, 1.82) is 0 Å². The van der Waals surface area contributed by atoms with E-state index >= 15 is 0 Å². The van der Waals surface area contributed by atoms with Crippen LogP contribution < -0.4 is 10.1 Å². The first-order valence-electron chi connectivity index (χ1n) is 10.2. The van der Waals surface area contributed by atoms with Crippen LogP contribution in [0.4, 0.5) is 0 Å². The van der Waals surface area contributed by atoms with Crippen molar-refractivity contribution in [2.45, 2.75) is 26.0 Å². The molecule has 0 radical (unpaired) electrons. The number of morpholine rings is 1. The maximum atomic E-state index is 13.2. The molecule has 0 aliphatic carbocycles. The van der Waals surface area contributed by atoms with Gasteiger partial charge < -0.3 is 19.7 Å². The number of carbonyl (C=O) groups is 2. The maximum absolute atomic E-state index is 13.2. The van der Waals surface area contributed by atoms with E-state index in [1.165, 1.54) is 11.3 Å². The van der Waals surface area contributed by atoms with Gasteiger partial charge >= 0.3 is 0 Å². The number of nitrogens with one attached hydrogen (secondary N) is 1. The van der Waals surface area contributed by atoms with Crippen molar-refractivity contribution in [2.24, 2.45) is 0 Å². The fourth-order valence-electron chi connectivity index (χ4n) is 3.77. The van der Waals surface area contributed by atoms with E-state index in [0.29, 0.717) is 35.9 Å². The predicted molar refractivity (Wildman–Crippen MR) is 120 cm³/mol. The lowest BCUT2D eigenvalue weighted by molar-refractivity contribution is -0.0223. The van der Waals surface area contributed by atoms with Crippen LogP contribution in [-0.2, 0) is 4.74 Å². The van der Waals surface area contributed by atoms with Crippen LogP contribution >= 0.6 is 11.3 Å². The topological polar surface area (TPSA) is 80.8 Å². The van der Waals surface area contributed by atoms with Crippen LogP contribution in [0, 0.1) is 0 Å². The van der Waals surface area contributed by atoms with E-state index in [4.69, 9.17) is 9.47 Å². The fourth-order valence-corrected chi connectivity index (χ4v) is 4.87. The summed E-state index contributed by atoms with van der Waals surface area (Å²) >= 11 is 1.35. The number of fused-ring (bicyclic) bond motifs is 1. The van der Waals surface area contributed by atoms with Gasteiger partial charge in [0.05, 0.1) is 25.8 Å². The standard InChI is InChI=1S/C23H25N3O4S/c1-14(2)25-21(27)20-19(16-8-6-10-24-22(16)31-20)18-13-26(11-12-30-18)23(28)15-7-4-5-9-17(15)29-3/h4-10,14,18H,11-13H2,1-3H3,(H,25,27). The molecule has 1 atom stereocenters. The molecule has 0 bridgehead atoms. The smallest absolute Gasteiger partial charge is 0.262 e. The molecule has 7 nitrogen and oxygen atoms in total. The zero-order valence-electron chi connectivity index (χ0n) is 17.8. The van der Waals surface area contributed by atoms with Crippen LogP contribution in [0.25, 0.3) is 10.2 Å². The van der Waals surface area contributed by atoms with Gasteiger partial charge in [-0.25, -0.2) is 4.98 Å². The van der Waals surface area contributed by atoms with Crippen molar-refractivity contribution in [2.75, 3.05) is 26.8 Å². The van der Waals surface area contributed by atoms with Crippen molar-refractivity contribution >= 4 is 33.4 Å². The quantitative estimate of drug-likeness (QED) is 0.656. The Labute approximate surface area is 185 Å². The lowest BCUT2D eigenvalue weighted by Gasteiger charge is -2.33. The van der Waals surface area contributed by atoms with Gasteiger partial charge in [0.15, 0.2) is 0 Å². The predicted octanol–water partition coefficient (Wildman–Crippen LogP) is 3.66. The summed E-state index contributed by atoms with van der Waals surface area (Å²) in [5, 5.41) is 3.85. The fraction of sp³-hybridized carbons (Fsp3) is 0.348. The number of hydrogen-bond acceptors (Lipinski definition) is 6. The molecule has 1 aromatic carbocycles. The Morgan fingerprint density at radius 2 is 2.06 bits per heavy atom. The van der Waals surface area contributed by atoms with Crippen LogP contribution in [0.5, 0.6) is 5.75 Å². The molecule has 2 aromatic heterocycles. The summed E-state index contributed by atoms with van der Waals surface area (Å²) in [6, 6.07) is 11.0. The molecule has 1 unspecified atom stereocenters. The molecule has 31 heavy (non-hydrogen) atoms. The van der Waals surface area contributed by atoms with Gasteiger partial charge in [-0.2, -0.15) is 0 Å². The zero-order valence-corrected chi connectivity index (χ0v) is 18.6. The Morgan fingerprint density at radius 1 is 1.26 bits per heavy atom. The number of nitrogens with zero attached hydrogens (tertiary/aromatic N) is 2.